The molecule has 1 N–H and O–H groups in total. The van der Waals surface area contributed by atoms with Crippen LogP contribution in [0.3, 0.4) is 0 Å². The molecule has 1 heterocycles. The Kier molecular flexibility index (Phi) is 8.47. The van der Waals surface area contributed by atoms with Crippen LogP contribution in [0.15, 0.2) is 0 Å². The molecule has 0 amide bonds. The van der Waals surface area contributed by atoms with Crippen molar-refractivity contribution in [2.24, 2.45) is 0 Å². The number of halogens is 2. The molecule has 1 rings (SSSR count). The molecule has 0 bridgehead atoms. The molecule has 0 atom stereocenters. The van der Waals surface area contributed by atoms with Crippen molar-refractivity contribution >= 4 is 27.9 Å². The molecular weight excluding hydrogens is 185 g/mol. The first-order valence-corrected chi connectivity index (χ1v) is 4.55. The molecule has 66 valence electrons. The second-order valence-corrected chi connectivity index (χ2v) is 3.27. The summed E-state index contributed by atoms with van der Waals surface area (Å²) in [5, 5.41) is 3.35. The Balaban J connectivity index is 0.000000218. The Morgan fingerprint density at radius 2 is 1.36 bits per heavy atom. The highest BCUT2D eigenvalue weighted by Gasteiger charge is 1.94. The van der Waals surface area contributed by atoms with Crippen LogP contribution in [0.1, 0.15) is 25.7 Å². The van der Waals surface area contributed by atoms with E-state index in [2.05, 4.69) is 28.5 Å². The normalized spacial score (nSPS) is 17.6. The zero-order valence-electron chi connectivity index (χ0n) is 6.41. The lowest BCUT2D eigenvalue weighted by Gasteiger charge is -1.91. The molecule has 11 heavy (non-hydrogen) atoms. The average molecular weight is 198 g/mol. The van der Waals surface area contributed by atoms with E-state index in [-0.39, 0.29) is 0 Å². The fraction of sp³-hybridized carbons (Fsp3) is 0.857. The van der Waals surface area contributed by atoms with Gasteiger partial charge >= 0.3 is 4.70 Å². The molecule has 0 radical (unpaired) electrons. The highest BCUT2D eigenvalue weighted by molar-refractivity contribution is 6.93. The van der Waals surface area contributed by atoms with E-state index in [1.165, 1.54) is 38.8 Å². The molecule has 1 saturated heterocycles. The molecule has 0 aromatic carbocycles. The summed E-state index contributed by atoms with van der Waals surface area (Å²) in [6.07, 6.45) is 5.65. The third-order valence-corrected chi connectivity index (χ3v) is 1.46. The summed E-state index contributed by atoms with van der Waals surface area (Å²) in [5.41, 5.74) is 0. The first kappa shape index (κ1) is 11.2. The van der Waals surface area contributed by atoms with Gasteiger partial charge in [-0.05, 0) is 49.1 Å². The average Bonchev–Trinajstić information content (AvgIpc) is 2.13. The first-order valence-electron chi connectivity index (χ1n) is 3.79. The molecule has 0 unspecified atom stereocenters. The van der Waals surface area contributed by atoms with Gasteiger partial charge in [-0.15, -0.1) is 0 Å². The Bertz CT molecular complexity index is 85.0. The topological polar surface area (TPSA) is 29.1 Å². The van der Waals surface area contributed by atoms with Gasteiger partial charge in [0.15, 0.2) is 0 Å². The molecule has 0 saturated carbocycles. The van der Waals surface area contributed by atoms with Crippen LogP contribution in [0.5, 0.6) is 0 Å². The van der Waals surface area contributed by atoms with Crippen molar-refractivity contribution in [3.05, 3.63) is 0 Å². The van der Waals surface area contributed by atoms with Gasteiger partial charge < -0.3 is 5.32 Å². The molecule has 0 spiro atoms. The van der Waals surface area contributed by atoms with E-state index in [0.29, 0.717) is 0 Å². The van der Waals surface area contributed by atoms with Gasteiger partial charge in [-0.2, -0.15) is 0 Å². The SMILES string of the molecule is C1CCCNCC1.O=C(Cl)Cl. The van der Waals surface area contributed by atoms with Crippen LogP contribution in [-0.2, 0) is 0 Å². The van der Waals surface area contributed by atoms with E-state index in [1.807, 2.05) is 0 Å². The van der Waals surface area contributed by atoms with E-state index in [0.717, 1.165) is 0 Å². The van der Waals surface area contributed by atoms with Crippen molar-refractivity contribution in [1.29, 1.82) is 0 Å². The molecule has 0 aromatic heterocycles. The van der Waals surface area contributed by atoms with Gasteiger partial charge in [0.2, 0.25) is 0 Å². The predicted octanol–water partition coefficient (Wildman–Crippen LogP) is 2.73. The van der Waals surface area contributed by atoms with Gasteiger partial charge in [0.1, 0.15) is 0 Å². The number of hydrogen-bond donors (Lipinski definition) is 1. The summed E-state index contributed by atoms with van der Waals surface area (Å²) in [4.78, 5) is 8.98. The summed E-state index contributed by atoms with van der Waals surface area (Å²) in [6.45, 7) is 2.50. The van der Waals surface area contributed by atoms with E-state index in [9.17, 15) is 0 Å². The lowest BCUT2D eigenvalue weighted by molar-refractivity contribution is 0.275. The zero-order valence-corrected chi connectivity index (χ0v) is 7.92. The number of nitrogens with one attached hydrogen (secondary N) is 1. The monoisotopic (exact) mass is 197 g/mol. The lowest BCUT2D eigenvalue weighted by atomic mass is 10.2. The maximum Gasteiger partial charge on any atom is 0.313 e. The van der Waals surface area contributed by atoms with Crippen LogP contribution < -0.4 is 5.32 Å². The van der Waals surface area contributed by atoms with Gasteiger partial charge in [-0.25, -0.2) is 0 Å². The van der Waals surface area contributed by atoms with E-state index in [4.69, 9.17) is 4.79 Å². The third-order valence-electron chi connectivity index (χ3n) is 1.46. The molecule has 0 aliphatic carbocycles. The van der Waals surface area contributed by atoms with Gasteiger partial charge in [-0.3, -0.25) is 4.79 Å². The number of carbonyl (C=O) groups excluding carboxylic acids is 1. The largest absolute Gasteiger partial charge is 0.317 e. The van der Waals surface area contributed by atoms with Gasteiger partial charge in [0, 0.05) is 0 Å². The molecule has 0 aromatic rings. The Hall–Kier alpha value is 0.210. The highest BCUT2D eigenvalue weighted by Crippen LogP contribution is 2.00. The minimum atomic E-state index is -0.889. The zero-order chi connectivity index (χ0) is 8.53. The van der Waals surface area contributed by atoms with Gasteiger partial charge in [0.25, 0.3) is 0 Å². The van der Waals surface area contributed by atoms with E-state index >= 15 is 0 Å². The molecule has 1 aliphatic heterocycles. The predicted molar refractivity (Wildman–Crippen MR) is 48.4 cm³/mol. The number of rotatable bonds is 0. The van der Waals surface area contributed by atoms with Crippen LogP contribution >= 0.6 is 23.2 Å². The van der Waals surface area contributed by atoms with E-state index in [1.54, 1.807) is 0 Å². The fourth-order valence-corrected chi connectivity index (χ4v) is 0.979. The van der Waals surface area contributed by atoms with Crippen LogP contribution in [0.25, 0.3) is 0 Å². The fourth-order valence-electron chi connectivity index (χ4n) is 0.979. The second kappa shape index (κ2) is 8.31. The van der Waals surface area contributed by atoms with Gasteiger partial charge in [-0.1, -0.05) is 12.8 Å². The minimum absolute atomic E-state index is 0.889. The van der Waals surface area contributed by atoms with Crippen molar-refractivity contribution in [3.8, 4) is 0 Å². The number of hydrogen-bond acceptors (Lipinski definition) is 2. The van der Waals surface area contributed by atoms with Crippen LogP contribution in [0, 0.1) is 0 Å². The second-order valence-electron chi connectivity index (χ2n) is 2.39. The third kappa shape index (κ3) is 13.2. The Labute approximate surface area is 77.2 Å². The van der Waals surface area contributed by atoms with Crippen molar-refractivity contribution < 1.29 is 4.79 Å². The van der Waals surface area contributed by atoms with Crippen LogP contribution in [0.2, 0.25) is 0 Å². The quantitative estimate of drug-likeness (QED) is 0.606. The lowest BCUT2D eigenvalue weighted by Crippen LogP contribution is -2.12. The summed E-state index contributed by atoms with van der Waals surface area (Å²) in [6, 6.07) is 0. The van der Waals surface area contributed by atoms with Crippen LogP contribution in [-0.4, -0.2) is 17.8 Å². The number of carbonyl (C=O) groups is 1. The molecule has 1 aliphatic rings. The van der Waals surface area contributed by atoms with Crippen molar-refractivity contribution in [2.45, 2.75) is 25.7 Å². The molecule has 1 fully saturated rings. The smallest absolute Gasteiger partial charge is 0.313 e. The summed E-state index contributed by atoms with van der Waals surface area (Å²) in [5.74, 6) is 0. The van der Waals surface area contributed by atoms with Crippen LogP contribution in [0.4, 0.5) is 4.79 Å². The summed E-state index contributed by atoms with van der Waals surface area (Å²) < 4.78 is -0.889. The van der Waals surface area contributed by atoms with E-state index < -0.39 is 4.70 Å². The summed E-state index contributed by atoms with van der Waals surface area (Å²) in [7, 11) is 0. The molecule has 4 heteroatoms. The first-order chi connectivity index (χ1) is 5.23. The van der Waals surface area contributed by atoms with Crippen molar-refractivity contribution in [2.75, 3.05) is 13.1 Å². The standard InChI is InChI=1S/C6H13N.CCl2O/c1-2-4-6-7-5-3-1;2-1(3)4/h7H,1-6H2;. The van der Waals surface area contributed by atoms with Crippen molar-refractivity contribution in [1.82, 2.24) is 5.32 Å². The van der Waals surface area contributed by atoms with Gasteiger partial charge in [0.05, 0.1) is 0 Å². The maximum atomic E-state index is 8.98. The Morgan fingerprint density at radius 3 is 1.73 bits per heavy atom. The molecular formula is C7H13Cl2NO. The minimum Gasteiger partial charge on any atom is -0.317 e. The molecule has 2 nitrogen and oxygen atoms in total. The maximum absolute atomic E-state index is 8.98. The van der Waals surface area contributed by atoms with Crippen molar-refractivity contribution in [3.63, 3.8) is 0 Å². The Morgan fingerprint density at radius 1 is 1.00 bits per heavy atom. The summed E-state index contributed by atoms with van der Waals surface area (Å²) >= 11 is 8.80. The highest BCUT2D eigenvalue weighted by atomic mass is 35.5.